The zero-order chi connectivity index (χ0) is 35.2. The SMILES string of the molecule is C[C@H]1[C@@H]2OC[C@](Cn3cc(COCCCOCCCOCCCOCCNC(=O)CNCC(=O)c4ccccc4)nn3)(O2)[C@@H]2OC(C)(C)O[C@H]12. The first-order chi connectivity index (χ1) is 24.2. The maximum atomic E-state index is 12.0. The highest BCUT2D eigenvalue weighted by Crippen LogP contribution is 2.49. The molecule has 278 valence electrons. The Balaban J connectivity index is 0.791. The van der Waals surface area contributed by atoms with Gasteiger partial charge in [0.15, 0.2) is 17.9 Å². The molecule has 0 saturated carbocycles. The minimum absolute atomic E-state index is 0.0496. The van der Waals surface area contributed by atoms with Crippen LogP contribution < -0.4 is 10.6 Å². The van der Waals surface area contributed by atoms with Crippen molar-refractivity contribution in [3.8, 4) is 0 Å². The number of nitrogens with one attached hydrogen (secondary N) is 2. The number of fused-ring (bicyclic) bond motifs is 4. The molecule has 3 saturated heterocycles. The molecule has 0 spiro atoms. The Hall–Kier alpha value is -2.86. The van der Waals surface area contributed by atoms with Gasteiger partial charge in [-0.2, -0.15) is 0 Å². The summed E-state index contributed by atoms with van der Waals surface area (Å²) in [6.45, 7) is 11.8. The molecule has 5 atom stereocenters. The van der Waals surface area contributed by atoms with Crippen LogP contribution in [-0.2, 0) is 55.8 Å². The first-order valence-electron chi connectivity index (χ1n) is 17.7. The van der Waals surface area contributed by atoms with Gasteiger partial charge in [0.05, 0.1) is 51.8 Å². The van der Waals surface area contributed by atoms with Crippen molar-refractivity contribution in [2.45, 2.75) is 83.1 Å². The van der Waals surface area contributed by atoms with Crippen molar-refractivity contribution in [2.75, 3.05) is 72.5 Å². The second-order valence-electron chi connectivity index (χ2n) is 13.3. The summed E-state index contributed by atoms with van der Waals surface area (Å²) in [6.07, 6.45) is 3.58. The van der Waals surface area contributed by atoms with Crippen LogP contribution in [0.3, 0.4) is 0 Å². The van der Waals surface area contributed by atoms with E-state index in [1.807, 2.05) is 38.2 Å². The number of benzene rings is 1. The maximum absolute atomic E-state index is 12.0. The topological polar surface area (TPSA) is 163 Å². The summed E-state index contributed by atoms with van der Waals surface area (Å²) in [5, 5.41) is 14.2. The van der Waals surface area contributed by atoms with E-state index < -0.39 is 11.4 Å². The van der Waals surface area contributed by atoms with E-state index in [1.165, 1.54) is 0 Å². The van der Waals surface area contributed by atoms with Gasteiger partial charge in [-0.05, 0) is 33.1 Å². The van der Waals surface area contributed by atoms with E-state index in [0.29, 0.717) is 78.1 Å². The number of Topliss-reactive ketones (excluding diaryl/α,β-unsaturated/α-hetero) is 1. The molecule has 3 aliphatic heterocycles. The molecule has 15 heteroatoms. The predicted molar refractivity (Wildman–Crippen MR) is 179 cm³/mol. The molecular formula is C35H53N5O10. The first kappa shape index (κ1) is 38.4. The number of nitrogens with zero attached hydrogens (tertiary/aromatic N) is 3. The van der Waals surface area contributed by atoms with Crippen molar-refractivity contribution in [1.29, 1.82) is 0 Å². The number of ketones is 1. The lowest BCUT2D eigenvalue weighted by atomic mass is 9.85. The average molecular weight is 704 g/mol. The summed E-state index contributed by atoms with van der Waals surface area (Å²) < 4.78 is 49.2. The van der Waals surface area contributed by atoms with Crippen molar-refractivity contribution >= 4 is 11.7 Å². The number of hydrogen-bond acceptors (Lipinski definition) is 13. The highest BCUT2D eigenvalue weighted by atomic mass is 16.8. The number of amides is 1. The Bertz CT molecular complexity index is 1330. The highest BCUT2D eigenvalue weighted by Gasteiger charge is 2.64. The molecule has 3 aliphatic rings. The molecule has 0 unspecified atom stereocenters. The summed E-state index contributed by atoms with van der Waals surface area (Å²) in [6, 6.07) is 8.99. The quantitative estimate of drug-likeness (QED) is 0.121. The van der Waals surface area contributed by atoms with Gasteiger partial charge in [0.2, 0.25) is 5.91 Å². The Morgan fingerprint density at radius 1 is 0.900 bits per heavy atom. The molecule has 1 aromatic carbocycles. The van der Waals surface area contributed by atoms with Gasteiger partial charge in [0.25, 0.3) is 0 Å². The fraction of sp³-hybridized carbons (Fsp3) is 0.714. The minimum Gasteiger partial charge on any atom is -0.381 e. The molecule has 3 fully saturated rings. The molecule has 5 rings (SSSR count). The van der Waals surface area contributed by atoms with Crippen molar-refractivity contribution < 1.29 is 47.5 Å². The van der Waals surface area contributed by atoms with Crippen LogP contribution in [0.15, 0.2) is 36.5 Å². The van der Waals surface area contributed by atoms with Crippen LogP contribution in [0.1, 0.15) is 56.1 Å². The summed E-state index contributed by atoms with van der Waals surface area (Å²) in [5.41, 5.74) is 0.695. The molecule has 4 heterocycles. The van der Waals surface area contributed by atoms with Crippen molar-refractivity contribution in [1.82, 2.24) is 25.6 Å². The van der Waals surface area contributed by atoms with Gasteiger partial charge in [-0.25, -0.2) is 4.68 Å². The van der Waals surface area contributed by atoms with Crippen molar-refractivity contribution in [2.24, 2.45) is 5.92 Å². The lowest BCUT2D eigenvalue weighted by Gasteiger charge is -2.41. The number of hydrogen-bond donors (Lipinski definition) is 2. The third kappa shape index (κ3) is 11.3. The highest BCUT2D eigenvalue weighted by molar-refractivity contribution is 5.97. The molecule has 1 aromatic heterocycles. The molecule has 50 heavy (non-hydrogen) atoms. The minimum atomic E-state index is -0.673. The fourth-order valence-electron chi connectivity index (χ4n) is 6.21. The number of rotatable bonds is 24. The van der Waals surface area contributed by atoms with Gasteiger partial charge >= 0.3 is 0 Å². The lowest BCUT2D eigenvalue weighted by molar-refractivity contribution is -0.211. The maximum Gasteiger partial charge on any atom is 0.234 e. The van der Waals surface area contributed by atoms with Gasteiger partial charge in [-0.1, -0.05) is 42.5 Å². The summed E-state index contributed by atoms with van der Waals surface area (Å²) >= 11 is 0. The van der Waals surface area contributed by atoms with E-state index in [0.717, 1.165) is 25.0 Å². The largest absolute Gasteiger partial charge is 0.381 e. The van der Waals surface area contributed by atoms with E-state index in [4.69, 9.17) is 37.9 Å². The van der Waals surface area contributed by atoms with E-state index in [9.17, 15) is 9.59 Å². The second-order valence-corrected chi connectivity index (χ2v) is 13.3. The van der Waals surface area contributed by atoms with Crippen molar-refractivity contribution in [3.63, 3.8) is 0 Å². The fourth-order valence-corrected chi connectivity index (χ4v) is 6.21. The zero-order valence-electron chi connectivity index (χ0n) is 29.5. The summed E-state index contributed by atoms with van der Waals surface area (Å²) in [7, 11) is 0. The third-order valence-electron chi connectivity index (χ3n) is 8.67. The molecule has 1 amide bonds. The normalized spacial score (nSPS) is 25.1. The van der Waals surface area contributed by atoms with Gasteiger partial charge in [0, 0.05) is 57.7 Å². The van der Waals surface area contributed by atoms with Crippen LogP contribution in [0.4, 0.5) is 0 Å². The standard InChI is InChI=1S/C35H53N5O10/c1-26-31-32(49-34(2,3)48-31)35(25-47-33(26)50-35)24-40-22-28(38-39-40)23-46-18-9-16-44-14-7-13-43-15-8-17-45-19-12-37-30(42)21-36-20-29(41)27-10-5-4-6-11-27/h4-6,10-11,22,26,31-33,36H,7-9,12-21,23-25H2,1-3H3,(H,37,42)/t26-,31-,32-,33-,35+/m1/s1. The van der Waals surface area contributed by atoms with Crippen LogP contribution in [0.2, 0.25) is 0 Å². The Labute approximate surface area is 293 Å². The van der Waals surface area contributed by atoms with Crippen LogP contribution >= 0.6 is 0 Å². The Kier molecular flexibility index (Phi) is 14.7. The van der Waals surface area contributed by atoms with Crippen LogP contribution in [0.25, 0.3) is 0 Å². The van der Waals surface area contributed by atoms with E-state index >= 15 is 0 Å². The van der Waals surface area contributed by atoms with Gasteiger partial charge in [0.1, 0.15) is 17.4 Å². The third-order valence-corrected chi connectivity index (χ3v) is 8.67. The smallest absolute Gasteiger partial charge is 0.234 e. The molecule has 0 radical (unpaired) electrons. The summed E-state index contributed by atoms with van der Waals surface area (Å²) in [5.74, 6) is -0.816. The zero-order valence-corrected chi connectivity index (χ0v) is 29.5. The predicted octanol–water partition coefficient (Wildman–Crippen LogP) is 1.89. The van der Waals surface area contributed by atoms with Gasteiger partial charge < -0.3 is 48.5 Å². The molecule has 2 bridgehead atoms. The van der Waals surface area contributed by atoms with E-state index in [2.05, 4.69) is 27.9 Å². The van der Waals surface area contributed by atoms with E-state index in [1.54, 1.807) is 16.8 Å². The summed E-state index contributed by atoms with van der Waals surface area (Å²) in [4.78, 5) is 23.9. The van der Waals surface area contributed by atoms with E-state index in [-0.39, 0.29) is 49.2 Å². The van der Waals surface area contributed by atoms with Gasteiger partial charge in [-0.3, -0.25) is 9.59 Å². The van der Waals surface area contributed by atoms with Crippen LogP contribution in [0, 0.1) is 5.92 Å². The molecule has 0 aliphatic carbocycles. The Morgan fingerprint density at radius 3 is 2.30 bits per heavy atom. The van der Waals surface area contributed by atoms with Crippen molar-refractivity contribution in [3.05, 3.63) is 47.8 Å². The Morgan fingerprint density at radius 2 is 1.58 bits per heavy atom. The average Bonchev–Trinajstić information content (AvgIpc) is 3.82. The monoisotopic (exact) mass is 703 g/mol. The lowest BCUT2D eigenvalue weighted by Crippen LogP contribution is -2.58. The van der Waals surface area contributed by atoms with Crippen LogP contribution in [-0.4, -0.2) is 129 Å². The van der Waals surface area contributed by atoms with Crippen LogP contribution in [0.5, 0.6) is 0 Å². The number of carbonyl (C=O) groups excluding carboxylic acids is 2. The molecular weight excluding hydrogens is 650 g/mol. The second kappa shape index (κ2) is 19.1. The molecule has 2 aromatic rings. The molecule has 15 nitrogen and oxygen atoms in total. The first-order valence-corrected chi connectivity index (χ1v) is 17.7. The molecule has 2 N–H and O–H groups in total. The number of aromatic nitrogens is 3. The number of ether oxygens (including phenoxy) is 8. The number of carbonyl (C=O) groups is 2. The van der Waals surface area contributed by atoms with Gasteiger partial charge in [-0.15, -0.1) is 5.10 Å².